The van der Waals surface area contributed by atoms with E-state index in [1.807, 2.05) is 38.1 Å². The van der Waals surface area contributed by atoms with Gasteiger partial charge < -0.3 is 11.5 Å². The van der Waals surface area contributed by atoms with Gasteiger partial charge in [-0.05, 0) is 48.9 Å². The van der Waals surface area contributed by atoms with Gasteiger partial charge in [0.1, 0.15) is 0 Å². The third-order valence-electron chi connectivity index (χ3n) is 3.59. The Labute approximate surface area is 150 Å². The smallest absolute Gasteiger partial charge is 0.394 e. The number of hydrogen-bond acceptors (Lipinski definition) is 4. The van der Waals surface area contributed by atoms with Gasteiger partial charge in [0, 0.05) is 11.4 Å². The van der Waals surface area contributed by atoms with E-state index in [0.717, 1.165) is 24.2 Å². The van der Waals surface area contributed by atoms with Crippen molar-refractivity contribution in [3.63, 3.8) is 0 Å². The van der Waals surface area contributed by atoms with Crippen molar-refractivity contribution in [3.8, 4) is 0 Å². The molecule has 2 aromatic rings. The molecule has 0 bridgehead atoms. The summed E-state index contributed by atoms with van der Waals surface area (Å²) < 4.78 is 31.6. The van der Waals surface area contributed by atoms with Crippen LogP contribution in [0.5, 0.6) is 0 Å². The Morgan fingerprint density at radius 1 is 0.800 bits per heavy atom. The maximum Gasteiger partial charge on any atom is 0.394 e. The summed E-state index contributed by atoms with van der Waals surface area (Å²) in [4.78, 5) is 0. The van der Waals surface area contributed by atoms with Crippen molar-refractivity contribution in [2.24, 2.45) is 0 Å². The predicted octanol–water partition coefficient (Wildman–Crippen LogP) is 3.63. The van der Waals surface area contributed by atoms with Crippen LogP contribution in [-0.4, -0.2) is 17.5 Å². The fourth-order valence-electron chi connectivity index (χ4n) is 2.10. The number of hydrogen-bond donors (Lipinski definition) is 4. The highest BCUT2D eigenvalue weighted by atomic mass is 32.3. The molecule has 0 saturated heterocycles. The average molecular weight is 368 g/mol. The van der Waals surface area contributed by atoms with Crippen molar-refractivity contribution in [1.82, 2.24) is 0 Å². The van der Waals surface area contributed by atoms with E-state index in [1.54, 1.807) is 0 Å². The summed E-state index contributed by atoms with van der Waals surface area (Å²) in [5.41, 5.74) is 18.3. The first-order valence-electron chi connectivity index (χ1n) is 7.89. The van der Waals surface area contributed by atoms with Crippen LogP contribution in [0.1, 0.15) is 36.1 Å². The molecule has 25 heavy (non-hydrogen) atoms. The quantitative estimate of drug-likeness (QED) is 0.473. The molecule has 0 spiro atoms. The number of benzene rings is 2. The first-order chi connectivity index (χ1) is 11.5. The third-order valence-corrected chi connectivity index (χ3v) is 3.59. The highest BCUT2D eigenvalue weighted by Gasteiger charge is 1.97. The van der Waals surface area contributed by atoms with Crippen LogP contribution in [0.25, 0.3) is 0 Å². The van der Waals surface area contributed by atoms with Crippen LogP contribution < -0.4 is 11.5 Å². The zero-order valence-electron chi connectivity index (χ0n) is 15.2. The fraction of sp³-hybridized carbons (Fsp3) is 0.333. The van der Waals surface area contributed by atoms with E-state index in [9.17, 15) is 0 Å². The Kier molecular flexibility index (Phi) is 9.81. The molecule has 2 aromatic carbocycles. The minimum atomic E-state index is -4.67. The molecule has 7 heteroatoms. The van der Waals surface area contributed by atoms with E-state index in [-0.39, 0.29) is 0 Å². The Balaban J connectivity index is 0.000000368. The molecule has 0 atom stereocenters. The molecule has 0 aliphatic carbocycles. The van der Waals surface area contributed by atoms with E-state index in [0.29, 0.717) is 0 Å². The van der Waals surface area contributed by atoms with Crippen LogP contribution in [0.4, 0.5) is 11.4 Å². The molecule has 6 nitrogen and oxygen atoms in total. The van der Waals surface area contributed by atoms with Crippen LogP contribution >= 0.6 is 0 Å². The number of nitrogen functional groups attached to an aromatic ring is 2. The lowest BCUT2D eigenvalue weighted by molar-refractivity contribution is 0.381. The molecule has 0 aliphatic rings. The van der Waals surface area contributed by atoms with Crippen molar-refractivity contribution < 1.29 is 17.5 Å². The molecule has 0 amide bonds. The van der Waals surface area contributed by atoms with Crippen molar-refractivity contribution >= 4 is 21.8 Å². The number of rotatable bonds is 2. The monoisotopic (exact) mass is 368 g/mol. The molecule has 140 valence electrons. The summed E-state index contributed by atoms with van der Waals surface area (Å²) in [5.74, 6) is 0. The van der Waals surface area contributed by atoms with Gasteiger partial charge in [0.25, 0.3) is 0 Å². The molecular formula is C18H28N2O4S. The Morgan fingerprint density at radius 2 is 1.08 bits per heavy atom. The third kappa shape index (κ3) is 9.71. The van der Waals surface area contributed by atoms with Crippen molar-refractivity contribution in [3.05, 3.63) is 58.7 Å². The van der Waals surface area contributed by atoms with Gasteiger partial charge in [-0.15, -0.1) is 0 Å². The second-order valence-electron chi connectivity index (χ2n) is 5.45. The van der Waals surface area contributed by atoms with E-state index in [1.165, 1.54) is 22.3 Å². The summed E-state index contributed by atoms with van der Waals surface area (Å²) in [5, 5.41) is 0. The molecule has 6 N–H and O–H groups in total. The highest BCUT2D eigenvalue weighted by Crippen LogP contribution is 2.16. The summed E-state index contributed by atoms with van der Waals surface area (Å²) in [6.45, 7) is 8.30. The summed E-state index contributed by atoms with van der Waals surface area (Å²) in [7, 11) is -4.67. The first-order valence-corrected chi connectivity index (χ1v) is 9.28. The zero-order valence-corrected chi connectivity index (χ0v) is 16.0. The lowest BCUT2D eigenvalue weighted by Gasteiger charge is -2.04. The lowest BCUT2D eigenvalue weighted by atomic mass is 10.1. The van der Waals surface area contributed by atoms with Gasteiger partial charge in [-0.25, -0.2) is 0 Å². The number of nitrogens with two attached hydrogens (primary N) is 2. The molecule has 0 saturated carbocycles. The number of anilines is 2. The summed E-state index contributed by atoms with van der Waals surface area (Å²) in [6.07, 6.45) is 2.04. The molecule has 0 aliphatic heterocycles. The summed E-state index contributed by atoms with van der Waals surface area (Å²) in [6, 6.07) is 12.3. The van der Waals surface area contributed by atoms with Gasteiger partial charge in [-0.1, -0.05) is 50.2 Å². The van der Waals surface area contributed by atoms with E-state index in [4.69, 9.17) is 29.0 Å². The standard InChI is InChI=1S/2C9H13N.H2O4S/c2*1-3-8-6-4-5-7(2)9(8)10;1-5(2,3)4/h2*4-6H,3,10H2,1-2H3;(H2,1,2,3,4). The van der Waals surface area contributed by atoms with Crippen molar-refractivity contribution in [2.75, 3.05) is 11.5 Å². The maximum atomic E-state index is 8.74. The molecule has 0 radical (unpaired) electrons. The van der Waals surface area contributed by atoms with E-state index < -0.39 is 10.4 Å². The van der Waals surface area contributed by atoms with Crippen molar-refractivity contribution in [1.29, 1.82) is 0 Å². The van der Waals surface area contributed by atoms with E-state index >= 15 is 0 Å². The van der Waals surface area contributed by atoms with Crippen LogP contribution in [0, 0.1) is 13.8 Å². The summed E-state index contributed by atoms with van der Waals surface area (Å²) >= 11 is 0. The Bertz CT molecular complexity index is 715. The normalized spacial score (nSPS) is 10.2. The van der Waals surface area contributed by atoms with E-state index in [2.05, 4.69) is 26.0 Å². The highest BCUT2D eigenvalue weighted by molar-refractivity contribution is 7.79. The minimum Gasteiger partial charge on any atom is -0.398 e. The SMILES string of the molecule is CCc1cccc(C)c1N.CCc1cccc(C)c1N.O=S(=O)(O)O. The zero-order chi connectivity index (χ0) is 19.6. The second-order valence-corrected chi connectivity index (χ2v) is 6.35. The van der Waals surface area contributed by atoms with Crippen LogP contribution in [0.2, 0.25) is 0 Å². The van der Waals surface area contributed by atoms with Gasteiger partial charge in [0.2, 0.25) is 0 Å². The number of aryl methyl sites for hydroxylation is 4. The van der Waals surface area contributed by atoms with Gasteiger partial charge in [0.15, 0.2) is 0 Å². The fourth-order valence-corrected chi connectivity index (χ4v) is 2.10. The molecular weight excluding hydrogens is 340 g/mol. The minimum absolute atomic E-state index is 0.949. The molecule has 0 unspecified atom stereocenters. The van der Waals surface area contributed by atoms with Crippen LogP contribution in [0.15, 0.2) is 36.4 Å². The lowest BCUT2D eigenvalue weighted by Crippen LogP contribution is -1.94. The Morgan fingerprint density at radius 3 is 1.28 bits per heavy atom. The van der Waals surface area contributed by atoms with Crippen LogP contribution in [-0.2, 0) is 23.2 Å². The maximum absolute atomic E-state index is 8.74. The van der Waals surface area contributed by atoms with Gasteiger partial charge >= 0.3 is 10.4 Å². The van der Waals surface area contributed by atoms with Gasteiger partial charge in [0.05, 0.1) is 0 Å². The predicted molar refractivity (Wildman–Crippen MR) is 104 cm³/mol. The molecule has 0 aromatic heterocycles. The van der Waals surface area contributed by atoms with Crippen molar-refractivity contribution in [2.45, 2.75) is 40.5 Å². The molecule has 0 fully saturated rings. The average Bonchev–Trinajstić information content (AvgIpc) is 2.52. The van der Waals surface area contributed by atoms with Gasteiger partial charge in [-0.2, -0.15) is 8.42 Å². The largest absolute Gasteiger partial charge is 0.398 e. The molecule has 0 heterocycles. The van der Waals surface area contributed by atoms with Crippen LogP contribution in [0.3, 0.4) is 0 Å². The molecule has 2 rings (SSSR count). The number of para-hydroxylation sites is 2. The second kappa shape index (κ2) is 10.7. The Hall–Kier alpha value is -2.09. The van der Waals surface area contributed by atoms with Gasteiger partial charge in [-0.3, -0.25) is 9.11 Å². The first kappa shape index (κ1) is 22.9. The topological polar surface area (TPSA) is 127 Å².